The molecule has 0 aliphatic heterocycles. The zero-order valence-electron chi connectivity index (χ0n) is 24.7. The summed E-state index contributed by atoms with van der Waals surface area (Å²) in [4.78, 5) is 0. The Morgan fingerprint density at radius 1 is 0.575 bits per heavy atom. The van der Waals surface area contributed by atoms with Gasteiger partial charge in [-0.3, -0.25) is 0 Å². The first-order valence-corrected chi connectivity index (χ1v) is 16.3. The average molecular weight is 559 g/mol. The summed E-state index contributed by atoms with van der Waals surface area (Å²) in [7, 11) is 0. The van der Waals surface area contributed by atoms with Crippen LogP contribution in [0.4, 0.5) is 4.39 Å². The van der Waals surface area contributed by atoms with Gasteiger partial charge in [0.1, 0.15) is 0 Å². The zero-order chi connectivity index (χ0) is 28.2. The van der Waals surface area contributed by atoms with Gasteiger partial charge in [-0.1, -0.05) is 139 Å². The molecular weight excluding hydrogens is 511 g/mol. The van der Waals surface area contributed by atoms with Gasteiger partial charge in [-0.15, -0.1) is 0 Å². The standard InChI is InChI=1S/C37H47FOS/c1-3-5-7-9-11-12-13-15-17-28-19-21-29(22-20-28)31-24-25-32-33-26-23-30(18-16-14-10-8-6-4-2)35(38)36(33)39-37(40)34(32)27-31/h19-27H,3-18H2,1-2H3. The topological polar surface area (TPSA) is 13.1 Å². The van der Waals surface area contributed by atoms with Crippen LogP contribution < -0.4 is 0 Å². The van der Waals surface area contributed by atoms with Crippen molar-refractivity contribution in [2.45, 2.75) is 117 Å². The van der Waals surface area contributed by atoms with E-state index in [2.05, 4.69) is 56.3 Å². The van der Waals surface area contributed by atoms with Crippen LogP contribution in [0.2, 0.25) is 0 Å². The highest BCUT2D eigenvalue weighted by molar-refractivity contribution is 7.71. The lowest BCUT2D eigenvalue weighted by Gasteiger charge is -2.10. The van der Waals surface area contributed by atoms with E-state index in [4.69, 9.17) is 16.6 Å². The number of hydrogen-bond acceptors (Lipinski definition) is 2. The molecule has 4 aromatic rings. The van der Waals surface area contributed by atoms with Crippen molar-refractivity contribution in [3.8, 4) is 11.1 Å². The summed E-state index contributed by atoms with van der Waals surface area (Å²) >= 11 is 5.63. The van der Waals surface area contributed by atoms with Crippen molar-refractivity contribution in [1.29, 1.82) is 0 Å². The monoisotopic (exact) mass is 558 g/mol. The number of halogens is 1. The normalized spacial score (nSPS) is 11.6. The number of unbranched alkanes of at least 4 members (excludes halogenated alkanes) is 12. The molecule has 0 spiro atoms. The second-order valence-corrected chi connectivity index (χ2v) is 11.9. The summed E-state index contributed by atoms with van der Waals surface area (Å²) in [6.45, 7) is 4.50. The summed E-state index contributed by atoms with van der Waals surface area (Å²) in [5, 5.41) is 2.61. The summed E-state index contributed by atoms with van der Waals surface area (Å²) in [5.41, 5.74) is 4.68. The molecule has 0 radical (unpaired) electrons. The Kier molecular flexibility index (Phi) is 12.2. The Morgan fingerprint density at radius 3 is 1.77 bits per heavy atom. The van der Waals surface area contributed by atoms with Crippen LogP contribution in [0.15, 0.2) is 59.0 Å². The second-order valence-electron chi connectivity index (χ2n) is 11.5. The van der Waals surface area contributed by atoms with Gasteiger partial charge in [0.25, 0.3) is 0 Å². The Bertz CT molecular complexity index is 1400. The van der Waals surface area contributed by atoms with Crippen LogP contribution in [0.5, 0.6) is 0 Å². The van der Waals surface area contributed by atoms with Crippen molar-refractivity contribution in [2.24, 2.45) is 0 Å². The summed E-state index contributed by atoms with van der Waals surface area (Å²) in [6, 6.07) is 19.1. The second kappa shape index (κ2) is 16.1. The molecule has 3 aromatic carbocycles. The van der Waals surface area contributed by atoms with E-state index >= 15 is 4.39 Å². The number of aryl methyl sites for hydroxylation is 2. The molecule has 214 valence electrons. The van der Waals surface area contributed by atoms with E-state index in [1.54, 1.807) is 0 Å². The van der Waals surface area contributed by atoms with Crippen LogP contribution >= 0.6 is 12.2 Å². The quantitative estimate of drug-likeness (QED) is 0.0726. The molecular formula is C37H47FOS. The van der Waals surface area contributed by atoms with Gasteiger partial charge >= 0.3 is 0 Å². The third-order valence-electron chi connectivity index (χ3n) is 8.31. The molecule has 1 aromatic heterocycles. The Labute approximate surface area is 246 Å². The van der Waals surface area contributed by atoms with E-state index in [9.17, 15) is 0 Å². The third-order valence-corrected chi connectivity index (χ3v) is 8.61. The van der Waals surface area contributed by atoms with Crippen molar-refractivity contribution in [2.75, 3.05) is 0 Å². The van der Waals surface area contributed by atoms with Crippen molar-refractivity contribution in [1.82, 2.24) is 0 Å². The summed E-state index contributed by atoms with van der Waals surface area (Å²) in [5.74, 6) is -0.254. The van der Waals surface area contributed by atoms with E-state index in [-0.39, 0.29) is 5.82 Å². The molecule has 0 bridgehead atoms. The Hall–Kier alpha value is -2.52. The van der Waals surface area contributed by atoms with Crippen LogP contribution in [0.25, 0.3) is 32.9 Å². The first-order chi connectivity index (χ1) is 19.6. The Balaban J connectivity index is 1.41. The SMILES string of the molecule is CCCCCCCCCCc1ccc(-c2ccc3c(c2)c(=S)oc2c(F)c(CCCCCCCC)ccc23)cc1. The van der Waals surface area contributed by atoms with Crippen molar-refractivity contribution in [3.05, 3.63) is 76.2 Å². The predicted molar refractivity (Wildman–Crippen MR) is 173 cm³/mol. The molecule has 0 unspecified atom stereocenters. The van der Waals surface area contributed by atoms with Crippen molar-refractivity contribution in [3.63, 3.8) is 0 Å². The van der Waals surface area contributed by atoms with Gasteiger partial charge in [0.2, 0.25) is 0 Å². The van der Waals surface area contributed by atoms with Gasteiger partial charge in [-0.25, -0.2) is 4.39 Å². The van der Waals surface area contributed by atoms with Gasteiger partial charge in [0.15, 0.2) is 16.1 Å². The minimum absolute atomic E-state index is 0.254. The fourth-order valence-corrected chi connectivity index (χ4v) is 6.05. The van der Waals surface area contributed by atoms with Crippen LogP contribution in [0, 0.1) is 10.5 Å². The average Bonchev–Trinajstić information content (AvgIpc) is 2.98. The summed E-state index contributed by atoms with van der Waals surface area (Å²) < 4.78 is 21.7. The molecule has 0 saturated carbocycles. The Morgan fingerprint density at radius 2 is 1.12 bits per heavy atom. The molecule has 40 heavy (non-hydrogen) atoms. The molecule has 0 atom stereocenters. The highest BCUT2D eigenvalue weighted by atomic mass is 32.1. The molecule has 0 aliphatic carbocycles. The van der Waals surface area contributed by atoms with E-state index < -0.39 is 0 Å². The number of benzene rings is 3. The highest BCUT2D eigenvalue weighted by Crippen LogP contribution is 2.33. The lowest BCUT2D eigenvalue weighted by molar-refractivity contribution is 0.534. The predicted octanol–water partition coefficient (Wildman–Crippen LogP) is 12.7. The first kappa shape index (κ1) is 30.4. The minimum atomic E-state index is -0.254. The lowest BCUT2D eigenvalue weighted by Crippen LogP contribution is -1.94. The zero-order valence-corrected chi connectivity index (χ0v) is 25.5. The van der Waals surface area contributed by atoms with Gasteiger partial charge < -0.3 is 4.42 Å². The molecule has 0 amide bonds. The highest BCUT2D eigenvalue weighted by Gasteiger charge is 2.14. The molecule has 0 fully saturated rings. The maximum Gasteiger partial charge on any atom is 0.198 e. The number of rotatable bonds is 17. The number of hydrogen-bond donors (Lipinski definition) is 0. The molecule has 1 nitrogen and oxygen atoms in total. The van der Waals surface area contributed by atoms with Gasteiger partial charge in [0, 0.05) is 10.8 Å². The van der Waals surface area contributed by atoms with Crippen molar-refractivity contribution < 1.29 is 8.81 Å². The third kappa shape index (κ3) is 8.26. The molecule has 0 saturated heterocycles. The first-order valence-electron chi connectivity index (χ1n) is 15.9. The van der Waals surface area contributed by atoms with Crippen LogP contribution in [-0.2, 0) is 12.8 Å². The largest absolute Gasteiger partial charge is 0.441 e. The van der Waals surface area contributed by atoms with E-state index in [1.807, 2.05) is 12.1 Å². The summed E-state index contributed by atoms with van der Waals surface area (Å²) in [6.07, 6.45) is 19.8. The molecule has 1 heterocycles. The van der Waals surface area contributed by atoms with E-state index in [0.717, 1.165) is 58.5 Å². The van der Waals surface area contributed by atoms with Crippen LogP contribution in [-0.4, -0.2) is 0 Å². The van der Waals surface area contributed by atoms with Crippen molar-refractivity contribution >= 4 is 34.0 Å². The van der Waals surface area contributed by atoms with E-state index in [1.165, 1.54) is 82.6 Å². The number of fused-ring (bicyclic) bond motifs is 3. The fourth-order valence-electron chi connectivity index (χ4n) is 5.80. The molecule has 0 N–H and O–H groups in total. The van der Waals surface area contributed by atoms with Crippen LogP contribution in [0.1, 0.15) is 115 Å². The maximum atomic E-state index is 15.4. The lowest BCUT2D eigenvalue weighted by atomic mass is 9.97. The molecule has 0 aliphatic rings. The maximum absolute atomic E-state index is 15.4. The van der Waals surface area contributed by atoms with Gasteiger partial charge in [0.05, 0.1) is 0 Å². The van der Waals surface area contributed by atoms with Gasteiger partial charge in [-0.05, 0) is 71.6 Å². The smallest absolute Gasteiger partial charge is 0.198 e. The molecule has 4 rings (SSSR count). The molecule has 3 heteroatoms. The van der Waals surface area contributed by atoms with E-state index in [0.29, 0.717) is 10.3 Å². The minimum Gasteiger partial charge on any atom is -0.441 e. The van der Waals surface area contributed by atoms with Gasteiger partial charge in [-0.2, -0.15) is 0 Å². The fraction of sp³-hybridized carbons (Fsp3) is 0.486. The van der Waals surface area contributed by atoms with Crippen LogP contribution in [0.3, 0.4) is 0 Å².